The van der Waals surface area contributed by atoms with Gasteiger partial charge in [-0.3, -0.25) is 4.31 Å². The summed E-state index contributed by atoms with van der Waals surface area (Å²) >= 11 is 0. The third kappa shape index (κ3) is 3.20. The molecule has 24 heavy (non-hydrogen) atoms. The number of rotatable bonds is 5. The maximum absolute atomic E-state index is 13.0. The van der Waals surface area contributed by atoms with Crippen LogP contribution in [0.2, 0.25) is 0 Å². The van der Waals surface area contributed by atoms with E-state index in [1.165, 1.54) is 5.56 Å². The monoisotopic (exact) mass is 343 g/mol. The molecule has 1 aliphatic rings. The molecule has 1 aliphatic heterocycles. The zero-order valence-corrected chi connectivity index (χ0v) is 15.4. The SMILES string of the molecule is CCc1ccc(S(=O)(=O)N2CCc3cc(CC(C)C)ccc32)cc1. The third-order valence-corrected chi connectivity index (χ3v) is 6.39. The summed E-state index contributed by atoms with van der Waals surface area (Å²) in [5.74, 6) is 0.598. The highest BCUT2D eigenvalue weighted by Crippen LogP contribution is 2.34. The Morgan fingerprint density at radius 1 is 1.04 bits per heavy atom. The van der Waals surface area contributed by atoms with Gasteiger partial charge in [-0.2, -0.15) is 0 Å². The first-order valence-corrected chi connectivity index (χ1v) is 10.1. The molecule has 1 heterocycles. The minimum atomic E-state index is -3.48. The van der Waals surface area contributed by atoms with Crippen molar-refractivity contribution in [1.82, 2.24) is 0 Å². The maximum Gasteiger partial charge on any atom is 0.264 e. The second-order valence-corrected chi connectivity index (χ2v) is 8.75. The minimum Gasteiger partial charge on any atom is -0.266 e. The van der Waals surface area contributed by atoms with Crippen molar-refractivity contribution < 1.29 is 8.42 Å². The summed E-state index contributed by atoms with van der Waals surface area (Å²) in [5.41, 5.74) is 4.41. The molecule has 0 N–H and O–H groups in total. The molecule has 0 fully saturated rings. The van der Waals surface area contributed by atoms with Crippen molar-refractivity contribution in [3.05, 3.63) is 59.2 Å². The number of sulfonamides is 1. The largest absolute Gasteiger partial charge is 0.266 e. The van der Waals surface area contributed by atoms with Crippen molar-refractivity contribution in [2.24, 2.45) is 5.92 Å². The van der Waals surface area contributed by atoms with E-state index in [1.807, 2.05) is 18.2 Å². The number of nitrogens with zero attached hydrogens (tertiary/aromatic N) is 1. The van der Waals surface area contributed by atoms with Gasteiger partial charge in [-0.15, -0.1) is 0 Å². The van der Waals surface area contributed by atoms with Gasteiger partial charge in [0.1, 0.15) is 0 Å². The Bertz CT molecular complexity index is 823. The first-order chi connectivity index (χ1) is 11.4. The molecule has 0 spiro atoms. The standard InChI is InChI=1S/C20H25NO2S/c1-4-16-5-8-19(9-6-16)24(22,23)21-12-11-18-14-17(13-15(2)3)7-10-20(18)21/h5-10,14-15H,4,11-13H2,1-3H3. The molecule has 0 aliphatic carbocycles. The van der Waals surface area contributed by atoms with E-state index in [1.54, 1.807) is 16.4 Å². The molecule has 0 saturated heterocycles. The molecule has 2 aromatic rings. The number of benzene rings is 2. The highest BCUT2D eigenvalue weighted by Gasteiger charge is 2.30. The summed E-state index contributed by atoms with van der Waals surface area (Å²) in [4.78, 5) is 0.374. The van der Waals surface area contributed by atoms with Gasteiger partial charge in [-0.05, 0) is 60.1 Å². The average molecular weight is 343 g/mol. The van der Waals surface area contributed by atoms with Crippen molar-refractivity contribution in [3.63, 3.8) is 0 Å². The van der Waals surface area contributed by atoms with Crippen molar-refractivity contribution in [3.8, 4) is 0 Å². The van der Waals surface area contributed by atoms with Gasteiger partial charge in [0.25, 0.3) is 10.0 Å². The lowest BCUT2D eigenvalue weighted by Gasteiger charge is -2.20. The van der Waals surface area contributed by atoms with Crippen LogP contribution in [-0.2, 0) is 29.3 Å². The fourth-order valence-electron chi connectivity index (χ4n) is 3.30. The van der Waals surface area contributed by atoms with Crippen LogP contribution in [0.1, 0.15) is 37.5 Å². The summed E-state index contributed by atoms with van der Waals surface area (Å²) < 4.78 is 27.5. The molecular weight excluding hydrogens is 318 g/mol. The second-order valence-electron chi connectivity index (χ2n) is 6.89. The predicted octanol–water partition coefficient (Wildman–Crippen LogP) is 4.20. The molecule has 3 nitrogen and oxygen atoms in total. The summed E-state index contributed by atoms with van der Waals surface area (Å²) in [5, 5.41) is 0. The topological polar surface area (TPSA) is 37.4 Å². The van der Waals surface area contributed by atoms with Gasteiger partial charge in [0.15, 0.2) is 0 Å². The van der Waals surface area contributed by atoms with Crippen LogP contribution in [0.4, 0.5) is 5.69 Å². The molecule has 0 atom stereocenters. The normalized spacial score (nSPS) is 14.2. The summed E-state index contributed by atoms with van der Waals surface area (Å²) in [6.45, 7) is 6.99. The smallest absolute Gasteiger partial charge is 0.264 e. The number of anilines is 1. The molecule has 0 amide bonds. The second kappa shape index (κ2) is 6.60. The Hall–Kier alpha value is -1.81. The lowest BCUT2D eigenvalue weighted by molar-refractivity contribution is 0.592. The van der Waals surface area contributed by atoms with Crippen LogP contribution in [0.5, 0.6) is 0 Å². The summed E-state index contributed by atoms with van der Waals surface area (Å²) in [7, 11) is -3.48. The van der Waals surface area contributed by atoms with E-state index in [0.717, 1.165) is 36.1 Å². The number of aryl methyl sites for hydroxylation is 1. The molecule has 2 aromatic carbocycles. The Morgan fingerprint density at radius 2 is 1.71 bits per heavy atom. The predicted molar refractivity (Wildman–Crippen MR) is 99.0 cm³/mol. The van der Waals surface area contributed by atoms with Crippen LogP contribution in [-0.4, -0.2) is 15.0 Å². The highest BCUT2D eigenvalue weighted by atomic mass is 32.2. The first kappa shape index (κ1) is 17.0. The number of hydrogen-bond donors (Lipinski definition) is 0. The van der Waals surface area contributed by atoms with Gasteiger partial charge >= 0.3 is 0 Å². The van der Waals surface area contributed by atoms with Gasteiger partial charge < -0.3 is 0 Å². The van der Waals surface area contributed by atoms with Crippen molar-refractivity contribution in [2.75, 3.05) is 10.8 Å². The van der Waals surface area contributed by atoms with Crippen LogP contribution < -0.4 is 4.31 Å². The van der Waals surface area contributed by atoms with E-state index < -0.39 is 10.0 Å². The lowest BCUT2D eigenvalue weighted by atomic mass is 10.00. The fraction of sp³-hybridized carbons (Fsp3) is 0.400. The Labute approximate surface area is 145 Å². The van der Waals surface area contributed by atoms with Crippen LogP contribution in [0.25, 0.3) is 0 Å². The van der Waals surface area contributed by atoms with E-state index in [-0.39, 0.29) is 0 Å². The van der Waals surface area contributed by atoms with Gasteiger partial charge in [0, 0.05) is 6.54 Å². The highest BCUT2D eigenvalue weighted by molar-refractivity contribution is 7.92. The van der Waals surface area contributed by atoms with Crippen LogP contribution in [0.3, 0.4) is 0 Å². The van der Waals surface area contributed by atoms with E-state index in [2.05, 4.69) is 32.9 Å². The average Bonchev–Trinajstić information content (AvgIpc) is 2.98. The number of fused-ring (bicyclic) bond motifs is 1. The van der Waals surface area contributed by atoms with Gasteiger partial charge in [0.05, 0.1) is 10.6 Å². The van der Waals surface area contributed by atoms with Crippen molar-refractivity contribution in [2.45, 2.75) is 44.9 Å². The molecule has 0 unspecified atom stereocenters. The zero-order chi connectivity index (χ0) is 17.3. The first-order valence-electron chi connectivity index (χ1n) is 8.65. The summed E-state index contributed by atoms with van der Waals surface area (Å²) in [6, 6.07) is 13.4. The fourth-order valence-corrected chi connectivity index (χ4v) is 4.80. The van der Waals surface area contributed by atoms with Crippen molar-refractivity contribution >= 4 is 15.7 Å². The molecule has 4 heteroatoms. The molecule has 0 bridgehead atoms. The van der Waals surface area contributed by atoms with Gasteiger partial charge in [-0.1, -0.05) is 45.0 Å². The zero-order valence-electron chi connectivity index (χ0n) is 14.6. The summed E-state index contributed by atoms with van der Waals surface area (Å²) in [6.07, 6.45) is 2.72. The van der Waals surface area contributed by atoms with E-state index in [4.69, 9.17) is 0 Å². The number of hydrogen-bond acceptors (Lipinski definition) is 2. The van der Waals surface area contributed by atoms with E-state index in [0.29, 0.717) is 17.4 Å². The Morgan fingerprint density at radius 3 is 2.33 bits per heavy atom. The van der Waals surface area contributed by atoms with Gasteiger partial charge in [-0.25, -0.2) is 8.42 Å². The molecule has 0 aromatic heterocycles. The van der Waals surface area contributed by atoms with Crippen LogP contribution in [0, 0.1) is 5.92 Å². The van der Waals surface area contributed by atoms with Crippen LogP contribution >= 0.6 is 0 Å². The molecule has 3 rings (SSSR count). The van der Waals surface area contributed by atoms with E-state index >= 15 is 0 Å². The van der Waals surface area contributed by atoms with Crippen molar-refractivity contribution in [1.29, 1.82) is 0 Å². The maximum atomic E-state index is 13.0. The molecule has 128 valence electrons. The quantitative estimate of drug-likeness (QED) is 0.816. The van der Waals surface area contributed by atoms with E-state index in [9.17, 15) is 8.42 Å². The molecule has 0 saturated carbocycles. The van der Waals surface area contributed by atoms with Gasteiger partial charge in [0.2, 0.25) is 0 Å². The molecular formula is C20H25NO2S. The minimum absolute atomic E-state index is 0.374. The third-order valence-electron chi connectivity index (χ3n) is 4.56. The Kier molecular flexibility index (Phi) is 4.68. The molecule has 0 radical (unpaired) electrons. The lowest BCUT2D eigenvalue weighted by Crippen LogP contribution is -2.29. The Balaban J connectivity index is 1.91. The van der Waals surface area contributed by atoms with Crippen LogP contribution in [0.15, 0.2) is 47.4 Å².